The molecule has 2 fully saturated rings. The second kappa shape index (κ2) is 6.86. The van der Waals surface area contributed by atoms with Crippen LogP contribution in [-0.4, -0.2) is 74.3 Å². The molecule has 2 amide bonds. The van der Waals surface area contributed by atoms with E-state index >= 15 is 0 Å². The van der Waals surface area contributed by atoms with Gasteiger partial charge in [-0.1, -0.05) is 6.92 Å². The van der Waals surface area contributed by atoms with Crippen molar-refractivity contribution in [3.05, 3.63) is 10.6 Å². The van der Waals surface area contributed by atoms with Crippen LogP contribution in [0.1, 0.15) is 27.2 Å². The van der Waals surface area contributed by atoms with Crippen molar-refractivity contribution in [1.82, 2.24) is 9.80 Å². The second-order valence-corrected chi connectivity index (χ2v) is 8.72. The van der Waals surface area contributed by atoms with Crippen LogP contribution in [-0.2, 0) is 14.4 Å². The fraction of sp³-hybridized carbons (Fsp3) is 0.706. The number of fused-ring (bicyclic) bond motifs is 1. The van der Waals surface area contributed by atoms with Crippen molar-refractivity contribution >= 4 is 29.5 Å². The van der Waals surface area contributed by atoms with Gasteiger partial charge in [-0.15, -0.1) is 11.8 Å². The SMILES string of the molecule is CC(O)C1C(=O)N2C(C(=O)O)=C(SC3CCN(C(=O)[C@H](C)N)C3)C(C)[C@H]12. The molecule has 0 aromatic rings. The smallest absolute Gasteiger partial charge is 0.353 e. The Hall–Kier alpha value is -1.58. The highest BCUT2D eigenvalue weighted by Gasteiger charge is 2.60. The average Bonchev–Trinajstić information content (AvgIpc) is 3.09. The summed E-state index contributed by atoms with van der Waals surface area (Å²) in [5.74, 6) is -2.27. The Kier molecular flexibility index (Phi) is 5.06. The van der Waals surface area contributed by atoms with Crippen molar-refractivity contribution < 1.29 is 24.6 Å². The molecule has 4 unspecified atom stereocenters. The molecule has 0 aromatic heterocycles. The number of carbonyl (C=O) groups excluding carboxylic acids is 2. The van der Waals surface area contributed by atoms with Gasteiger partial charge in [-0.25, -0.2) is 4.79 Å². The summed E-state index contributed by atoms with van der Waals surface area (Å²) in [7, 11) is 0. The molecule has 4 N–H and O–H groups in total. The van der Waals surface area contributed by atoms with Crippen LogP contribution in [0.25, 0.3) is 0 Å². The number of aliphatic carboxylic acids is 1. The summed E-state index contributed by atoms with van der Waals surface area (Å²) in [4.78, 5) is 39.9. The van der Waals surface area contributed by atoms with Gasteiger partial charge in [0.05, 0.1) is 24.1 Å². The van der Waals surface area contributed by atoms with Gasteiger partial charge in [0.2, 0.25) is 11.8 Å². The number of aliphatic hydroxyl groups excluding tert-OH is 1. The largest absolute Gasteiger partial charge is 0.477 e. The van der Waals surface area contributed by atoms with Crippen LogP contribution in [0.4, 0.5) is 0 Å². The zero-order valence-electron chi connectivity index (χ0n) is 15.1. The lowest BCUT2D eigenvalue weighted by Gasteiger charge is -2.46. The highest BCUT2D eigenvalue weighted by molar-refractivity contribution is 8.03. The predicted octanol–water partition coefficient (Wildman–Crippen LogP) is -0.179. The van der Waals surface area contributed by atoms with Crippen LogP contribution in [0.2, 0.25) is 0 Å². The van der Waals surface area contributed by atoms with Gasteiger partial charge in [-0.3, -0.25) is 9.59 Å². The number of nitrogens with zero attached hydrogens (tertiary/aromatic N) is 2. The zero-order valence-corrected chi connectivity index (χ0v) is 15.9. The molecule has 0 aromatic carbocycles. The summed E-state index contributed by atoms with van der Waals surface area (Å²) in [6.45, 7) is 6.24. The summed E-state index contributed by atoms with van der Waals surface area (Å²) < 4.78 is 0. The van der Waals surface area contributed by atoms with E-state index in [1.165, 1.54) is 16.7 Å². The van der Waals surface area contributed by atoms with Gasteiger partial charge in [-0.2, -0.15) is 0 Å². The molecule has 3 rings (SSSR count). The summed E-state index contributed by atoms with van der Waals surface area (Å²) in [5.41, 5.74) is 5.69. The number of β-lactam (4-membered cyclic amide) rings is 1. The summed E-state index contributed by atoms with van der Waals surface area (Å²) in [6, 6.07) is -0.858. The number of nitrogens with two attached hydrogens (primary N) is 1. The van der Waals surface area contributed by atoms with E-state index in [9.17, 15) is 24.6 Å². The number of carboxylic acids is 1. The molecule has 144 valence electrons. The predicted molar refractivity (Wildman–Crippen MR) is 95.9 cm³/mol. The minimum absolute atomic E-state index is 0.0337. The lowest BCUT2D eigenvalue weighted by atomic mass is 9.79. The van der Waals surface area contributed by atoms with Gasteiger partial charge in [0.1, 0.15) is 5.70 Å². The number of carbonyl (C=O) groups is 3. The summed E-state index contributed by atoms with van der Waals surface area (Å²) >= 11 is 1.44. The van der Waals surface area contributed by atoms with Crippen molar-refractivity contribution in [3.63, 3.8) is 0 Å². The van der Waals surface area contributed by atoms with Crippen LogP contribution in [0.3, 0.4) is 0 Å². The van der Waals surface area contributed by atoms with Crippen molar-refractivity contribution in [3.8, 4) is 0 Å². The fourth-order valence-electron chi connectivity index (χ4n) is 4.17. The minimum Gasteiger partial charge on any atom is -0.477 e. The monoisotopic (exact) mass is 383 g/mol. The first-order valence-electron chi connectivity index (χ1n) is 8.84. The first-order chi connectivity index (χ1) is 12.1. The molecule has 9 heteroatoms. The lowest BCUT2D eigenvalue weighted by Crippen LogP contribution is -2.63. The lowest BCUT2D eigenvalue weighted by molar-refractivity contribution is -0.163. The molecule has 0 radical (unpaired) electrons. The third kappa shape index (κ3) is 2.91. The van der Waals surface area contributed by atoms with Gasteiger partial charge in [0.25, 0.3) is 0 Å². The third-order valence-electron chi connectivity index (χ3n) is 5.45. The minimum atomic E-state index is -1.12. The molecular formula is C17H25N3O5S. The summed E-state index contributed by atoms with van der Waals surface area (Å²) in [5, 5.41) is 19.6. The highest BCUT2D eigenvalue weighted by atomic mass is 32.2. The Morgan fingerprint density at radius 3 is 2.54 bits per heavy atom. The molecule has 2 saturated heterocycles. The van der Waals surface area contributed by atoms with E-state index in [2.05, 4.69) is 0 Å². The molecule has 3 aliphatic rings. The molecule has 0 saturated carbocycles. The molecule has 3 aliphatic heterocycles. The van der Waals surface area contributed by atoms with Crippen molar-refractivity contribution in [2.75, 3.05) is 13.1 Å². The standard InChI is InChI=1S/C17H25N3O5S/c1-7-12-11(9(3)21)16(23)20(12)13(17(24)25)14(7)26-10-4-5-19(6-10)15(22)8(2)18/h7-12,21H,4-6,18H2,1-3H3,(H,24,25)/t7?,8-,9?,10?,11?,12+/m0/s1. The average molecular weight is 383 g/mol. The Morgan fingerprint density at radius 1 is 1.35 bits per heavy atom. The van der Waals surface area contributed by atoms with Gasteiger partial charge in [-0.05, 0) is 20.3 Å². The first kappa shape index (κ1) is 19.2. The molecule has 0 spiro atoms. The Bertz CT molecular complexity index is 677. The second-order valence-electron chi connectivity index (χ2n) is 7.37. The summed E-state index contributed by atoms with van der Waals surface area (Å²) in [6.07, 6.45) is -0.0544. The quantitative estimate of drug-likeness (QED) is 0.563. The molecule has 0 bridgehead atoms. The first-order valence-corrected chi connectivity index (χ1v) is 9.72. The van der Waals surface area contributed by atoms with Crippen LogP contribution in [0.15, 0.2) is 10.6 Å². The zero-order chi connectivity index (χ0) is 19.3. The van der Waals surface area contributed by atoms with E-state index in [-0.39, 0.29) is 34.7 Å². The third-order valence-corrected chi connectivity index (χ3v) is 6.99. The number of carboxylic acid groups (broad SMARTS) is 1. The fourth-order valence-corrected chi connectivity index (χ4v) is 5.66. The molecule has 6 atom stereocenters. The van der Waals surface area contributed by atoms with Crippen LogP contribution < -0.4 is 5.73 Å². The van der Waals surface area contributed by atoms with Crippen molar-refractivity contribution in [2.24, 2.45) is 17.6 Å². The van der Waals surface area contributed by atoms with Gasteiger partial charge < -0.3 is 25.7 Å². The maximum absolute atomic E-state index is 12.3. The topological polar surface area (TPSA) is 124 Å². The van der Waals surface area contributed by atoms with E-state index in [0.717, 1.165) is 6.42 Å². The Morgan fingerprint density at radius 2 is 2.00 bits per heavy atom. The van der Waals surface area contributed by atoms with Gasteiger partial charge in [0, 0.05) is 29.2 Å². The molecule has 8 nitrogen and oxygen atoms in total. The number of amides is 2. The molecule has 0 aliphatic carbocycles. The van der Waals surface area contributed by atoms with E-state index < -0.39 is 24.0 Å². The normalized spacial score (nSPS) is 33.2. The number of aliphatic hydroxyl groups is 1. The Balaban J connectivity index is 1.78. The maximum Gasteiger partial charge on any atom is 0.353 e. The number of likely N-dealkylation sites (tertiary alicyclic amines) is 1. The van der Waals surface area contributed by atoms with E-state index in [1.807, 2.05) is 6.92 Å². The van der Waals surface area contributed by atoms with Gasteiger partial charge >= 0.3 is 5.97 Å². The number of hydrogen-bond donors (Lipinski definition) is 3. The maximum atomic E-state index is 12.3. The number of thioether (sulfide) groups is 1. The van der Waals surface area contributed by atoms with Gasteiger partial charge in [0.15, 0.2) is 0 Å². The Labute approximate surface area is 156 Å². The highest BCUT2D eigenvalue weighted by Crippen LogP contribution is 2.51. The van der Waals surface area contributed by atoms with Crippen LogP contribution >= 0.6 is 11.8 Å². The van der Waals surface area contributed by atoms with Crippen molar-refractivity contribution in [1.29, 1.82) is 0 Å². The molecular weight excluding hydrogens is 358 g/mol. The van der Waals surface area contributed by atoms with Crippen molar-refractivity contribution in [2.45, 2.75) is 50.6 Å². The van der Waals surface area contributed by atoms with Crippen LogP contribution in [0, 0.1) is 11.8 Å². The van der Waals surface area contributed by atoms with E-state index in [0.29, 0.717) is 18.0 Å². The number of hydrogen-bond acceptors (Lipinski definition) is 6. The van der Waals surface area contributed by atoms with E-state index in [1.54, 1.807) is 18.7 Å². The molecule has 26 heavy (non-hydrogen) atoms. The van der Waals surface area contributed by atoms with Crippen LogP contribution in [0.5, 0.6) is 0 Å². The van der Waals surface area contributed by atoms with E-state index in [4.69, 9.17) is 5.73 Å². The molecule has 3 heterocycles. The number of rotatable bonds is 5.